The fourth-order valence-corrected chi connectivity index (χ4v) is 0.974. The van der Waals surface area contributed by atoms with Crippen molar-refractivity contribution in [2.75, 3.05) is 6.61 Å². The first-order valence-electron chi connectivity index (χ1n) is 5.15. The van der Waals surface area contributed by atoms with Crippen molar-refractivity contribution in [1.82, 2.24) is 5.32 Å². The van der Waals surface area contributed by atoms with Crippen LogP contribution < -0.4 is 5.32 Å². The molecule has 0 radical (unpaired) electrons. The third-order valence-electron chi connectivity index (χ3n) is 2.05. The quantitative estimate of drug-likeness (QED) is 0.217. The molecule has 0 saturated carbocycles. The molecule has 1 aliphatic heterocycles. The second kappa shape index (κ2) is 8.45. The van der Waals surface area contributed by atoms with E-state index >= 15 is 0 Å². The predicted molar refractivity (Wildman–Crippen MR) is 59.5 cm³/mol. The second-order valence-electron chi connectivity index (χ2n) is 3.54. The summed E-state index contributed by atoms with van der Waals surface area (Å²) >= 11 is 0. The molecule has 0 spiro atoms. The van der Waals surface area contributed by atoms with Crippen molar-refractivity contribution in [2.24, 2.45) is 0 Å². The van der Waals surface area contributed by atoms with Crippen molar-refractivity contribution in [3.8, 4) is 0 Å². The van der Waals surface area contributed by atoms with Gasteiger partial charge in [-0.3, -0.25) is 14.9 Å². The van der Waals surface area contributed by atoms with Gasteiger partial charge < -0.3 is 30.3 Å². The predicted octanol–water partition coefficient (Wildman–Crippen LogP) is -4.18. The Morgan fingerprint density at radius 3 is 1.79 bits per heavy atom. The zero-order valence-corrected chi connectivity index (χ0v) is 9.71. The van der Waals surface area contributed by atoms with Gasteiger partial charge in [0.2, 0.25) is 0 Å². The van der Waals surface area contributed by atoms with Crippen molar-refractivity contribution in [3.63, 3.8) is 0 Å². The number of aliphatic hydroxyl groups excluding tert-OH is 5. The molecule has 2 amide bonds. The summed E-state index contributed by atoms with van der Waals surface area (Å²) in [6.07, 6.45) is -4.45. The van der Waals surface area contributed by atoms with Crippen LogP contribution in [0.2, 0.25) is 0 Å². The van der Waals surface area contributed by atoms with E-state index in [1.807, 2.05) is 5.32 Å². The molecule has 1 rings (SSSR count). The Morgan fingerprint density at radius 2 is 1.53 bits per heavy atom. The number of rotatable bonds is 5. The number of carbonyl (C=O) groups is 3. The van der Waals surface area contributed by atoms with Gasteiger partial charge in [-0.05, 0) is 0 Å². The fourth-order valence-electron chi connectivity index (χ4n) is 0.974. The molecule has 1 aliphatic rings. The van der Waals surface area contributed by atoms with Gasteiger partial charge in [0, 0.05) is 12.2 Å². The maximum atomic E-state index is 10.0. The largest absolute Gasteiger partial charge is 0.394 e. The average molecular weight is 277 g/mol. The Balaban J connectivity index is 0.000000388. The summed E-state index contributed by atoms with van der Waals surface area (Å²) in [5, 5.41) is 45.6. The molecule has 1 heterocycles. The molecular formula is C10H15NO8. The SMILES string of the molecule is O=C1C=CC(=O)N1.O=C[C@@H](O)[C@@H](O)[C@H](O)[C@H](O)CO. The van der Waals surface area contributed by atoms with Gasteiger partial charge >= 0.3 is 0 Å². The first kappa shape index (κ1) is 17.4. The average Bonchev–Trinajstić information content (AvgIpc) is 2.79. The molecule has 0 aromatic heterocycles. The standard InChI is InChI=1S/C6H12O6.C4H3NO2/c7-1-3(9)5(11)6(12)4(10)2-8;6-3-1-2-4(7)5-3/h1,3-6,8-12H,2H2;1-2H,(H,5,6,7)/t3-,4-,5-,6-;/m1./s1. The van der Waals surface area contributed by atoms with Gasteiger partial charge in [-0.1, -0.05) is 0 Å². The van der Waals surface area contributed by atoms with Crippen LogP contribution in [-0.2, 0) is 14.4 Å². The molecule has 6 N–H and O–H groups in total. The minimum atomic E-state index is -1.79. The topological polar surface area (TPSA) is 164 Å². The van der Waals surface area contributed by atoms with Crippen molar-refractivity contribution < 1.29 is 39.9 Å². The first-order chi connectivity index (χ1) is 8.83. The van der Waals surface area contributed by atoms with Crippen LogP contribution in [-0.4, -0.2) is 74.7 Å². The summed E-state index contributed by atoms with van der Waals surface area (Å²) in [6.45, 7) is -0.760. The molecule has 0 aromatic carbocycles. The molecule has 0 fully saturated rings. The maximum Gasteiger partial charge on any atom is 0.250 e. The Bertz CT molecular complexity index is 339. The van der Waals surface area contributed by atoms with Gasteiger partial charge in [0.15, 0.2) is 6.29 Å². The van der Waals surface area contributed by atoms with Crippen LogP contribution in [0.25, 0.3) is 0 Å². The zero-order valence-electron chi connectivity index (χ0n) is 9.71. The molecular weight excluding hydrogens is 262 g/mol. The van der Waals surface area contributed by atoms with Gasteiger partial charge in [-0.2, -0.15) is 0 Å². The Kier molecular flexibility index (Phi) is 7.72. The molecule has 0 aliphatic carbocycles. The monoisotopic (exact) mass is 277 g/mol. The molecule has 0 unspecified atom stereocenters. The second-order valence-corrected chi connectivity index (χ2v) is 3.54. The number of carbonyl (C=O) groups excluding carboxylic acids is 3. The van der Waals surface area contributed by atoms with E-state index in [1.165, 1.54) is 12.2 Å². The number of imide groups is 1. The summed E-state index contributed by atoms with van der Waals surface area (Å²) in [6, 6.07) is 0. The molecule has 4 atom stereocenters. The number of aliphatic hydroxyl groups is 5. The summed E-state index contributed by atoms with van der Waals surface area (Å²) in [5.41, 5.74) is 0. The van der Waals surface area contributed by atoms with Crippen LogP contribution in [0.1, 0.15) is 0 Å². The molecule has 19 heavy (non-hydrogen) atoms. The number of aldehydes is 1. The van der Waals surface area contributed by atoms with Gasteiger partial charge in [0.25, 0.3) is 11.8 Å². The number of hydrogen-bond acceptors (Lipinski definition) is 8. The highest BCUT2D eigenvalue weighted by Gasteiger charge is 2.29. The normalized spacial score (nSPS) is 19.8. The van der Waals surface area contributed by atoms with Crippen molar-refractivity contribution in [3.05, 3.63) is 12.2 Å². The van der Waals surface area contributed by atoms with E-state index in [0.29, 0.717) is 0 Å². The van der Waals surface area contributed by atoms with Crippen molar-refractivity contribution in [2.45, 2.75) is 24.4 Å². The molecule has 0 aromatic rings. The maximum absolute atomic E-state index is 10.0. The first-order valence-corrected chi connectivity index (χ1v) is 5.15. The summed E-state index contributed by atoms with van der Waals surface area (Å²) < 4.78 is 0. The van der Waals surface area contributed by atoms with Crippen LogP contribution in [0, 0.1) is 0 Å². The summed E-state index contributed by atoms with van der Waals surface area (Å²) in [5.74, 6) is -0.657. The molecule has 0 bridgehead atoms. The summed E-state index contributed by atoms with van der Waals surface area (Å²) in [4.78, 5) is 30.0. The van der Waals surface area contributed by atoms with E-state index in [1.54, 1.807) is 0 Å². The Morgan fingerprint density at radius 1 is 1.05 bits per heavy atom. The lowest BCUT2D eigenvalue weighted by Gasteiger charge is -2.22. The smallest absolute Gasteiger partial charge is 0.250 e. The zero-order chi connectivity index (χ0) is 15.0. The highest BCUT2D eigenvalue weighted by molar-refractivity contribution is 6.12. The van der Waals surface area contributed by atoms with Gasteiger partial charge in [-0.25, -0.2) is 0 Å². The van der Waals surface area contributed by atoms with Crippen LogP contribution in [0.3, 0.4) is 0 Å². The van der Waals surface area contributed by atoms with E-state index in [2.05, 4.69) is 0 Å². The number of nitrogens with one attached hydrogen (secondary N) is 1. The third-order valence-corrected chi connectivity index (χ3v) is 2.05. The van der Waals surface area contributed by atoms with Crippen LogP contribution in [0.5, 0.6) is 0 Å². The highest BCUT2D eigenvalue weighted by Crippen LogP contribution is 2.02. The van der Waals surface area contributed by atoms with Gasteiger partial charge in [0.05, 0.1) is 6.61 Å². The van der Waals surface area contributed by atoms with Gasteiger partial charge in [0.1, 0.15) is 24.4 Å². The fraction of sp³-hybridized carbons (Fsp3) is 0.500. The summed E-state index contributed by atoms with van der Waals surface area (Å²) in [7, 11) is 0. The Labute approximate surface area is 107 Å². The molecule has 9 nitrogen and oxygen atoms in total. The van der Waals surface area contributed by atoms with E-state index in [-0.39, 0.29) is 18.1 Å². The Hall–Kier alpha value is -1.65. The highest BCUT2D eigenvalue weighted by atomic mass is 16.4. The van der Waals surface area contributed by atoms with Crippen LogP contribution in [0.15, 0.2) is 12.2 Å². The lowest BCUT2D eigenvalue weighted by Crippen LogP contribution is -2.46. The number of hydrogen-bond donors (Lipinski definition) is 6. The van der Waals surface area contributed by atoms with Crippen molar-refractivity contribution >= 4 is 18.1 Å². The van der Waals surface area contributed by atoms with E-state index < -0.39 is 31.0 Å². The molecule has 9 heteroatoms. The lowest BCUT2D eigenvalue weighted by molar-refractivity contribution is -0.136. The minimum Gasteiger partial charge on any atom is -0.394 e. The van der Waals surface area contributed by atoms with E-state index in [0.717, 1.165) is 0 Å². The molecule has 0 saturated heterocycles. The van der Waals surface area contributed by atoms with E-state index in [9.17, 15) is 14.4 Å². The van der Waals surface area contributed by atoms with Crippen molar-refractivity contribution in [1.29, 1.82) is 0 Å². The van der Waals surface area contributed by atoms with Crippen LogP contribution in [0.4, 0.5) is 0 Å². The number of amides is 2. The third kappa shape index (κ3) is 6.18. The van der Waals surface area contributed by atoms with E-state index in [4.69, 9.17) is 25.5 Å². The molecule has 108 valence electrons. The lowest BCUT2D eigenvalue weighted by atomic mass is 10.0. The van der Waals surface area contributed by atoms with Crippen LogP contribution >= 0.6 is 0 Å². The van der Waals surface area contributed by atoms with Gasteiger partial charge in [-0.15, -0.1) is 0 Å². The minimum absolute atomic E-state index is 0.0258.